The van der Waals surface area contributed by atoms with E-state index in [4.69, 9.17) is 11.5 Å². The maximum Gasteiger partial charge on any atom is 0.271 e. The number of primary amides is 1. The van der Waals surface area contributed by atoms with Gasteiger partial charge in [-0.05, 0) is 25.0 Å². The van der Waals surface area contributed by atoms with Crippen molar-refractivity contribution >= 4 is 34.1 Å². The first-order valence-corrected chi connectivity index (χ1v) is 9.26. The fourth-order valence-corrected chi connectivity index (χ4v) is 3.43. The molecule has 0 unspecified atom stereocenters. The number of amides is 1. The summed E-state index contributed by atoms with van der Waals surface area (Å²) in [5.74, 6) is 0.156. The van der Waals surface area contributed by atoms with Crippen LogP contribution < -0.4 is 22.1 Å². The molecule has 0 spiro atoms. The Hall–Kier alpha value is -3.33. The van der Waals surface area contributed by atoms with Gasteiger partial charge in [0.1, 0.15) is 5.82 Å². The zero-order valence-electron chi connectivity index (χ0n) is 15.3. The normalized spacial score (nSPS) is 19.3. The Labute approximate surface area is 162 Å². The molecule has 1 aliphatic carbocycles. The molecule has 0 bridgehead atoms. The van der Waals surface area contributed by atoms with Crippen LogP contribution in [0.4, 0.5) is 17.3 Å². The summed E-state index contributed by atoms with van der Waals surface area (Å²) in [6, 6.07) is 3.90. The van der Waals surface area contributed by atoms with Crippen molar-refractivity contribution in [1.82, 2.24) is 19.9 Å². The van der Waals surface area contributed by atoms with Crippen molar-refractivity contribution in [3.8, 4) is 0 Å². The van der Waals surface area contributed by atoms with E-state index < -0.39 is 5.91 Å². The van der Waals surface area contributed by atoms with Gasteiger partial charge in [0.05, 0.1) is 23.6 Å². The average Bonchev–Trinajstić information content (AvgIpc) is 2.70. The van der Waals surface area contributed by atoms with E-state index >= 15 is 0 Å². The lowest BCUT2D eigenvalue weighted by atomic mass is 9.91. The number of carbonyl (C=O) groups is 1. The Bertz CT molecular complexity index is 1010. The van der Waals surface area contributed by atoms with Crippen molar-refractivity contribution in [2.45, 2.75) is 37.8 Å². The van der Waals surface area contributed by atoms with Crippen molar-refractivity contribution in [3.63, 3.8) is 0 Å². The Morgan fingerprint density at radius 2 is 2.00 bits per heavy atom. The molecule has 144 valence electrons. The highest BCUT2D eigenvalue weighted by Gasteiger charge is 2.23. The number of hydrogen-bond acceptors (Lipinski definition) is 8. The first-order chi connectivity index (χ1) is 13.6. The van der Waals surface area contributed by atoms with E-state index in [-0.39, 0.29) is 23.6 Å². The van der Waals surface area contributed by atoms with E-state index in [2.05, 4.69) is 30.6 Å². The first-order valence-electron chi connectivity index (χ1n) is 9.26. The van der Waals surface area contributed by atoms with E-state index in [9.17, 15) is 4.79 Å². The maximum atomic E-state index is 11.8. The average molecular weight is 378 g/mol. The van der Waals surface area contributed by atoms with E-state index in [1.165, 1.54) is 6.20 Å². The highest BCUT2D eigenvalue weighted by Crippen LogP contribution is 2.24. The molecule has 1 saturated carbocycles. The van der Waals surface area contributed by atoms with E-state index in [0.29, 0.717) is 11.5 Å². The van der Waals surface area contributed by atoms with Crippen molar-refractivity contribution in [2.75, 3.05) is 10.6 Å². The van der Waals surface area contributed by atoms with Crippen LogP contribution in [0.15, 0.2) is 36.9 Å². The molecule has 9 nitrogen and oxygen atoms in total. The molecule has 3 heterocycles. The fourth-order valence-electron chi connectivity index (χ4n) is 3.43. The monoisotopic (exact) mass is 378 g/mol. The second-order valence-corrected chi connectivity index (χ2v) is 6.93. The molecule has 1 fully saturated rings. The van der Waals surface area contributed by atoms with Gasteiger partial charge in [0.25, 0.3) is 5.91 Å². The summed E-state index contributed by atoms with van der Waals surface area (Å²) in [7, 11) is 0. The minimum atomic E-state index is -0.661. The van der Waals surface area contributed by atoms with Crippen LogP contribution in [0.3, 0.4) is 0 Å². The minimum Gasteiger partial charge on any atom is -0.364 e. The molecule has 3 aromatic rings. The summed E-state index contributed by atoms with van der Waals surface area (Å²) < 4.78 is 0. The first kappa shape index (κ1) is 18.1. The lowest BCUT2D eigenvalue weighted by Gasteiger charge is -2.29. The molecule has 0 saturated heterocycles. The maximum absolute atomic E-state index is 11.8. The summed E-state index contributed by atoms with van der Waals surface area (Å²) in [4.78, 5) is 29.0. The highest BCUT2D eigenvalue weighted by atomic mass is 16.1. The molecular formula is C19H22N8O. The molecule has 4 rings (SSSR count). The van der Waals surface area contributed by atoms with Crippen LogP contribution in [0, 0.1) is 0 Å². The van der Waals surface area contributed by atoms with Crippen LogP contribution in [0.1, 0.15) is 36.2 Å². The summed E-state index contributed by atoms with van der Waals surface area (Å²) in [5.41, 5.74) is 13.2. The van der Waals surface area contributed by atoms with Gasteiger partial charge >= 0.3 is 0 Å². The molecule has 6 N–H and O–H groups in total. The quantitative estimate of drug-likeness (QED) is 0.527. The summed E-state index contributed by atoms with van der Waals surface area (Å²) in [5, 5.41) is 7.30. The molecule has 0 aliphatic heterocycles. The van der Waals surface area contributed by atoms with Crippen LogP contribution in [0.5, 0.6) is 0 Å². The number of pyridine rings is 2. The van der Waals surface area contributed by atoms with Gasteiger partial charge in [-0.25, -0.2) is 9.97 Å². The van der Waals surface area contributed by atoms with E-state index in [1.807, 2.05) is 12.1 Å². The number of rotatable bonds is 5. The molecule has 2 atom stereocenters. The number of fused-ring (bicyclic) bond motifs is 1. The number of nitrogens with zero attached hydrogens (tertiary/aromatic N) is 4. The smallest absolute Gasteiger partial charge is 0.271 e. The number of hydrogen-bond donors (Lipinski definition) is 4. The van der Waals surface area contributed by atoms with Gasteiger partial charge in [0.2, 0.25) is 0 Å². The highest BCUT2D eigenvalue weighted by molar-refractivity contribution is 5.96. The predicted molar refractivity (Wildman–Crippen MR) is 107 cm³/mol. The Morgan fingerprint density at radius 3 is 2.82 bits per heavy atom. The molecule has 3 aromatic heterocycles. The molecular weight excluding hydrogens is 356 g/mol. The van der Waals surface area contributed by atoms with Crippen LogP contribution in [0.25, 0.3) is 10.9 Å². The van der Waals surface area contributed by atoms with Crippen LogP contribution in [0.2, 0.25) is 0 Å². The summed E-state index contributed by atoms with van der Waals surface area (Å²) in [6.45, 7) is 0. The zero-order chi connectivity index (χ0) is 19.5. The number of carbonyl (C=O) groups excluding carboxylic acids is 1. The van der Waals surface area contributed by atoms with Gasteiger partial charge in [0, 0.05) is 29.9 Å². The largest absolute Gasteiger partial charge is 0.364 e. The third kappa shape index (κ3) is 3.84. The van der Waals surface area contributed by atoms with Gasteiger partial charge in [-0.2, -0.15) is 0 Å². The molecule has 1 aliphatic rings. The second kappa shape index (κ2) is 7.73. The van der Waals surface area contributed by atoms with Crippen molar-refractivity contribution < 1.29 is 4.79 Å². The summed E-state index contributed by atoms with van der Waals surface area (Å²) in [6.07, 6.45) is 10.8. The summed E-state index contributed by atoms with van der Waals surface area (Å²) >= 11 is 0. The van der Waals surface area contributed by atoms with Gasteiger partial charge in [0.15, 0.2) is 11.5 Å². The molecule has 1 amide bonds. The zero-order valence-corrected chi connectivity index (χ0v) is 15.3. The predicted octanol–water partition coefficient (Wildman–Crippen LogP) is 1.94. The van der Waals surface area contributed by atoms with Crippen LogP contribution in [-0.2, 0) is 0 Å². The molecule has 28 heavy (non-hydrogen) atoms. The van der Waals surface area contributed by atoms with E-state index in [0.717, 1.165) is 36.6 Å². The molecule has 0 aromatic carbocycles. The number of nitrogens with two attached hydrogens (primary N) is 2. The van der Waals surface area contributed by atoms with Crippen LogP contribution in [-0.4, -0.2) is 37.9 Å². The number of anilines is 3. The van der Waals surface area contributed by atoms with Crippen molar-refractivity contribution in [2.24, 2.45) is 11.5 Å². The number of nitrogens with one attached hydrogen (secondary N) is 2. The SMILES string of the molecule is NC(=O)c1ncc(N[C@@H]2CCCC[C@@H]2N)nc1Nc1cnc2ccncc2c1. The Morgan fingerprint density at radius 1 is 1.14 bits per heavy atom. The van der Waals surface area contributed by atoms with Gasteiger partial charge in [-0.15, -0.1) is 0 Å². The standard InChI is InChI=1S/C19H22N8O/c20-13-3-1-2-4-15(13)26-16-10-24-17(18(21)28)19(27-16)25-12-7-11-8-22-6-5-14(11)23-9-12/h5-10,13,15H,1-4,20H2,(H2,21,28)(H2,25,26,27)/t13-,15+/m0/s1. The topological polar surface area (TPSA) is 145 Å². The Balaban J connectivity index is 1.62. The fraction of sp³-hybridized carbons (Fsp3) is 0.316. The van der Waals surface area contributed by atoms with Gasteiger partial charge < -0.3 is 22.1 Å². The molecule has 0 radical (unpaired) electrons. The van der Waals surface area contributed by atoms with Gasteiger partial charge in [-0.1, -0.05) is 12.8 Å². The van der Waals surface area contributed by atoms with Crippen LogP contribution >= 0.6 is 0 Å². The number of aromatic nitrogens is 4. The third-order valence-corrected chi connectivity index (χ3v) is 4.90. The lowest BCUT2D eigenvalue weighted by molar-refractivity contribution is 0.0996. The minimum absolute atomic E-state index is 0.0600. The Kier molecular flexibility index (Phi) is 4.98. The van der Waals surface area contributed by atoms with Crippen molar-refractivity contribution in [3.05, 3.63) is 42.6 Å². The molecule has 9 heteroatoms. The van der Waals surface area contributed by atoms with Gasteiger partial charge in [-0.3, -0.25) is 14.8 Å². The lowest BCUT2D eigenvalue weighted by Crippen LogP contribution is -2.42. The van der Waals surface area contributed by atoms with E-state index in [1.54, 1.807) is 18.6 Å². The van der Waals surface area contributed by atoms with Crippen molar-refractivity contribution in [1.29, 1.82) is 0 Å². The second-order valence-electron chi connectivity index (χ2n) is 6.93. The third-order valence-electron chi connectivity index (χ3n) is 4.90.